The molecule has 7 heteroatoms. The van der Waals surface area contributed by atoms with Gasteiger partial charge in [0, 0.05) is 18.7 Å². The number of ether oxygens (including phenoxy) is 2. The molecule has 1 aliphatic heterocycles. The molecule has 25 heavy (non-hydrogen) atoms. The fourth-order valence-corrected chi connectivity index (χ4v) is 2.97. The molecule has 0 saturated carbocycles. The van der Waals surface area contributed by atoms with Gasteiger partial charge in [-0.3, -0.25) is 9.89 Å². The average molecular weight is 364 g/mol. The fraction of sp³-hybridized carbons (Fsp3) is 0.444. The van der Waals surface area contributed by atoms with Gasteiger partial charge >= 0.3 is 0 Å². The van der Waals surface area contributed by atoms with Crippen molar-refractivity contribution in [2.45, 2.75) is 33.2 Å². The summed E-state index contributed by atoms with van der Waals surface area (Å²) < 4.78 is 11.3. The summed E-state index contributed by atoms with van der Waals surface area (Å²) in [5, 5.41) is 10.3. The molecule has 1 aromatic heterocycles. The number of fused-ring (bicyclic) bond motifs is 1. The maximum atomic E-state index is 12.3. The quantitative estimate of drug-likeness (QED) is 0.854. The third-order valence-electron chi connectivity index (χ3n) is 3.81. The van der Waals surface area contributed by atoms with Crippen LogP contribution in [-0.4, -0.2) is 29.3 Å². The Morgan fingerprint density at radius 3 is 2.92 bits per heavy atom. The summed E-state index contributed by atoms with van der Waals surface area (Å²) in [6.45, 7) is 5.75. The van der Waals surface area contributed by atoms with Gasteiger partial charge in [0.05, 0.1) is 18.2 Å². The monoisotopic (exact) mass is 363 g/mol. The summed E-state index contributed by atoms with van der Waals surface area (Å²) in [5.41, 5.74) is 2.19. The average Bonchev–Trinajstić information content (AvgIpc) is 2.88. The van der Waals surface area contributed by atoms with E-state index in [4.69, 9.17) is 21.1 Å². The number of nitrogens with zero attached hydrogens (tertiary/aromatic N) is 1. The lowest BCUT2D eigenvalue weighted by Crippen LogP contribution is -2.23. The molecule has 0 atom stereocenters. The van der Waals surface area contributed by atoms with E-state index < -0.39 is 0 Å². The normalized spacial score (nSPS) is 13.6. The number of hydrogen-bond acceptors (Lipinski definition) is 4. The minimum Gasteiger partial charge on any atom is -0.489 e. The van der Waals surface area contributed by atoms with Crippen molar-refractivity contribution in [1.29, 1.82) is 0 Å². The zero-order valence-corrected chi connectivity index (χ0v) is 15.2. The molecule has 0 bridgehead atoms. The van der Waals surface area contributed by atoms with E-state index in [1.165, 1.54) is 0 Å². The molecule has 0 aliphatic carbocycles. The van der Waals surface area contributed by atoms with Gasteiger partial charge in [-0.25, -0.2) is 0 Å². The second-order valence-corrected chi connectivity index (χ2v) is 6.92. The summed E-state index contributed by atoms with van der Waals surface area (Å²) in [6.07, 6.45) is 1.67. The number of aromatic nitrogens is 2. The van der Waals surface area contributed by atoms with Gasteiger partial charge in [-0.05, 0) is 36.1 Å². The number of rotatable bonds is 5. The zero-order valence-electron chi connectivity index (χ0n) is 14.4. The van der Waals surface area contributed by atoms with Crippen LogP contribution in [0.1, 0.15) is 42.0 Å². The van der Waals surface area contributed by atoms with Crippen molar-refractivity contribution in [3.05, 3.63) is 40.2 Å². The number of nitrogens with one attached hydrogen (secondary N) is 2. The van der Waals surface area contributed by atoms with Gasteiger partial charge in [0.2, 0.25) is 0 Å². The van der Waals surface area contributed by atoms with Crippen LogP contribution in [0.25, 0.3) is 0 Å². The highest BCUT2D eigenvalue weighted by molar-refractivity contribution is 6.32. The van der Waals surface area contributed by atoms with Crippen LogP contribution in [0, 0.1) is 5.92 Å². The lowest BCUT2D eigenvalue weighted by atomic mass is 10.1. The molecule has 2 aromatic rings. The van der Waals surface area contributed by atoms with Crippen molar-refractivity contribution >= 4 is 17.5 Å². The Labute approximate surface area is 151 Å². The van der Waals surface area contributed by atoms with E-state index in [-0.39, 0.29) is 5.91 Å². The Hall–Kier alpha value is -2.21. The van der Waals surface area contributed by atoms with E-state index in [0.29, 0.717) is 47.9 Å². The van der Waals surface area contributed by atoms with Crippen LogP contribution >= 0.6 is 11.6 Å². The number of carbonyl (C=O) groups is 1. The third kappa shape index (κ3) is 4.45. The Bertz CT molecular complexity index is 758. The molecule has 0 fully saturated rings. The van der Waals surface area contributed by atoms with Gasteiger partial charge < -0.3 is 14.8 Å². The summed E-state index contributed by atoms with van der Waals surface area (Å²) in [6, 6.07) is 5.42. The SMILES string of the molecule is CC(C)Cc1cc(C(=O)NCc2cc(Cl)c3c(c2)OCCCO3)n[nH]1. The number of amides is 1. The first-order chi connectivity index (χ1) is 12.0. The van der Waals surface area contributed by atoms with Gasteiger partial charge in [-0.2, -0.15) is 5.10 Å². The smallest absolute Gasteiger partial charge is 0.272 e. The van der Waals surface area contributed by atoms with E-state index in [2.05, 4.69) is 29.4 Å². The van der Waals surface area contributed by atoms with Gasteiger partial charge in [-0.15, -0.1) is 0 Å². The van der Waals surface area contributed by atoms with Crippen LogP contribution in [-0.2, 0) is 13.0 Å². The Balaban J connectivity index is 1.65. The molecular weight excluding hydrogens is 342 g/mol. The molecule has 0 spiro atoms. The molecule has 2 N–H and O–H groups in total. The Morgan fingerprint density at radius 1 is 1.32 bits per heavy atom. The fourth-order valence-electron chi connectivity index (χ4n) is 2.68. The highest BCUT2D eigenvalue weighted by Gasteiger charge is 2.16. The first kappa shape index (κ1) is 17.6. The second-order valence-electron chi connectivity index (χ2n) is 6.51. The van der Waals surface area contributed by atoms with Crippen molar-refractivity contribution in [3.63, 3.8) is 0 Å². The van der Waals surface area contributed by atoms with Crippen LogP contribution in [0.5, 0.6) is 11.5 Å². The number of halogens is 1. The summed E-state index contributed by atoms with van der Waals surface area (Å²) in [5.74, 6) is 1.46. The second kappa shape index (κ2) is 7.78. The maximum absolute atomic E-state index is 12.3. The highest BCUT2D eigenvalue weighted by atomic mass is 35.5. The van der Waals surface area contributed by atoms with E-state index in [1.54, 1.807) is 12.1 Å². The van der Waals surface area contributed by atoms with Crippen LogP contribution in [0.15, 0.2) is 18.2 Å². The molecule has 1 amide bonds. The van der Waals surface area contributed by atoms with Crippen molar-refractivity contribution < 1.29 is 14.3 Å². The van der Waals surface area contributed by atoms with Crippen LogP contribution < -0.4 is 14.8 Å². The maximum Gasteiger partial charge on any atom is 0.272 e. The molecule has 1 aromatic carbocycles. The number of H-pyrrole nitrogens is 1. The summed E-state index contributed by atoms with van der Waals surface area (Å²) >= 11 is 6.27. The number of carbonyl (C=O) groups excluding carboxylic acids is 1. The summed E-state index contributed by atoms with van der Waals surface area (Å²) in [4.78, 5) is 12.3. The predicted molar refractivity (Wildman–Crippen MR) is 95.4 cm³/mol. The number of benzene rings is 1. The number of aromatic amines is 1. The molecule has 1 aliphatic rings. The topological polar surface area (TPSA) is 76.2 Å². The zero-order chi connectivity index (χ0) is 17.8. The van der Waals surface area contributed by atoms with Crippen molar-refractivity contribution in [2.24, 2.45) is 5.92 Å². The summed E-state index contributed by atoms with van der Waals surface area (Å²) in [7, 11) is 0. The van der Waals surface area contributed by atoms with Crippen molar-refractivity contribution in [2.75, 3.05) is 13.2 Å². The van der Waals surface area contributed by atoms with Crippen LogP contribution in [0.3, 0.4) is 0 Å². The van der Waals surface area contributed by atoms with E-state index in [1.807, 2.05) is 6.07 Å². The van der Waals surface area contributed by atoms with Gasteiger partial charge in [-0.1, -0.05) is 25.4 Å². The van der Waals surface area contributed by atoms with Crippen molar-refractivity contribution in [3.8, 4) is 11.5 Å². The van der Waals surface area contributed by atoms with Crippen LogP contribution in [0.2, 0.25) is 5.02 Å². The lowest BCUT2D eigenvalue weighted by Gasteiger charge is -2.12. The molecular formula is C18H22ClN3O3. The van der Waals surface area contributed by atoms with E-state index in [9.17, 15) is 4.79 Å². The highest BCUT2D eigenvalue weighted by Crippen LogP contribution is 2.37. The number of hydrogen-bond donors (Lipinski definition) is 2. The van der Waals surface area contributed by atoms with Crippen molar-refractivity contribution in [1.82, 2.24) is 15.5 Å². The predicted octanol–water partition coefficient (Wildman–Crippen LogP) is 3.35. The minimum atomic E-state index is -0.227. The standard InChI is InChI=1S/C18H22ClN3O3/c1-11(2)6-13-9-15(22-21-13)18(23)20-10-12-7-14(19)17-16(8-12)24-4-3-5-25-17/h7-9,11H,3-6,10H2,1-2H3,(H,20,23)(H,21,22). The van der Waals surface area contributed by atoms with E-state index in [0.717, 1.165) is 24.1 Å². The van der Waals surface area contributed by atoms with E-state index >= 15 is 0 Å². The van der Waals surface area contributed by atoms with Gasteiger partial charge in [0.25, 0.3) is 5.91 Å². The third-order valence-corrected chi connectivity index (χ3v) is 4.09. The molecule has 134 valence electrons. The van der Waals surface area contributed by atoms with Crippen LogP contribution in [0.4, 0.5) is 0 Å². The molecule has 2 heterocycles. The van der Waals surface area contributed by atoms with Gasteiger partial charge in [0.15, 0.2) is 11.5 Å². The molecule has 0 saturated heterocycles. The molecule has 6 nitrogen and oxygen atoms in total. The van der Waals surface area contributed by atoms with Gasteiger partial charge in [0.1, 0.15) is 5.69 Å². The lowest BCUT2D eigenvalue weighted by molar-refractivity contribution is 0.0946. The largest absolute Gasteiger partial charge is 0.489 e. The first-order valence-corrected chi connectivity index (χ1v) is 8.81. The Kier molecular flexibility index (Phi) is 5.48. The minimum absolute atomic E-state index is 0.227. The Morgan fingerprint density at radius 2 is 2.12 bits per heavy atom. The molecule has 3 rings (SSSR count). The molecule has 0 radical (unpaired) electrons. The molecule has 0 unspecified atom stereocenters. The first-order valence-electron chi connectivity index (χ1n) is 8.43.